The van der Waals surface area contributed by atoms with Crippen LogP contribution in [-0.2, 0) is 42.9 Å². The highest BCUT2D eigenvalue weighted by molar-refractivity contribution is 5.99. The van der Waals surface area contributed by atoms with Crippen molar-refractivity contribution < 1.29 is 42.9 Å². The van der Waals surface area contributed by atoms with Gasteiger partial charge in [-0.25, -0.2) is 0 Å². The summed E-state index contributed by atoms with van der Waals surface area (Å²) in [5, 5.41) is 0. The number of hydrogen-bond acceptors (Lipinski definition) is 9. The Balaban J connectivity index is 1.35. The van der Waals surface area contributed by atoms with Gasteiger partial charge < -0.3 is 23.7 Å². The summed E-state index contributed by atoms with van der Waals surface area (Å²) in [4.78, 5) is 50.3. The minimum absolute atomic E-state index is 0.0101. The molecule has 6 rings (SSSR count). The van der Waals surface area contributed by atoms with Crippen LogP contribution in [-0.4, -0.2) is 59.5 Å². The smallest absolute Gasteiger partial charge is 0.305 e. The number of epoxide rings is 1. The van der Waals surface area contributed by atoms with Gasteiger partial charge in [0.05, 0.1) is 11.5 Å². The van der Waals surface area contributed by atoms with Gasteiger partial charge in [-0.3, -0.25) is 19.2 Å². The molecule has 0 aromatic carbocycles. The van der Waals surface area contributed by atoms with E-state index in [4.69, 9.17) is 23.7 Å². The molecule has 0 N–H and O–H groups in total. The zero-order valence-electron chi connectivity index (χ0n) is 26.6. The molecule has 5 fully saturated rings. The Morgan fingerprint density at radius 1 is 0.977 bits per heavy atom. The molecule has 1 unspecified atom stereocenters. The van der Waals surface area contributed by atoms with Crippen molar-refractivity contribution in [2.45, 2.75) is 123 Å². The van der Waals surface area contributed by atoms with E-state index in [2.05, 4.69) is 20.8 Å². The molecule has 9 heteroatoms. The molecule has 4 aliphatic carbocycles. The second-order valence-electron chi connectivity index (χ2n) is 14.8. The Morgan fingerprint density at radius 2 is 1.65 bits per heavy atom. The maximum Gasteiger partial charge on any atom is 0.305 e. The van der Waals surface area contributed by atoms with Crippen LogP contribution in [0.1, 0.15) is 87.5 Å². The van der Waals surface area contributed by atoms with Crippen molar-refractivity contribution in [2.75, 3.05) is 0 Å². The average Bonchev–Trinajstić information content (AvgIpc) is 3.36. The second kappa shape index (κ2) is 9.99. The first-order chi connectivity index (χ1) is 20.0. The van der Waals surface area contributed by atoms with Crippen LogP contribution in [0.15, 0.2) is 23.8 Å². The number of hydrogen-bond donors (Lipinski definition) is 0. The highest BCUT2D eigenvalue weighted by Crippen LogP contribution is 2.68. The van der Waals surface area contributed by atoms with Crippen molar-refractivity contribution in [3.05, 3.63) is 23.8 Å². The van der Waals surface area contributed by atoms with Crippen LogP contribution in [0.4, 0.5) is 0 Å². The standard InChI is InChI=1S/C34H46O9/c1-17(27-16-32(6)34(8,43-32)30(42-27)41-20(4)37)24-15-26(40-19(3)36)29-21-14-25(39-18(2)35)23-10-9-11-28(38)33(23,7)22(21)12-13-31(24,29)5/h9-11,17,21-22,24-27,29-30H,12-16H2,1-8H3/t17-,21+,22-,24+,25+,26-,27+,29+,30?,31+,32-,33+,34+/m0/s1. The normalized spacial score (nSPS) is 48.5. The molecule has 0 aromatic heterocycles. The second-order valence-corrected chi connectivity index (χ2v) is 14.8. The molecule has 13 atom stereocenters. The third-order valence-electron chi connectivity index (χ3n) is 12.6. The highest BCUT2D eigenvalue weighted by Gasteiger charge is 2.74. The maximum atomic E-state index is 13.6. The first kappa shape index (κ1) is 30.5. The van der Waals surface area contributed by atoms with E-state index in [9.17, 15) is 19.2 Å². The minimum Gasteiger partial charge on any atom is -0.462 e. The predicted octanol–water partition coefficient (Wildman–Crippen LogP) is 4.86. The van der Waals surface area contributed by atoms with Crippen LogP contribution in [0, 0.1) is 40.4 Å². The van der Waals surface area contributed by atoms with Crippen LogP contribution in [0.5, 0.6) is 0 Å². The Kier molecular flexibility index (Phi) is 7.09. The minimum atomic E-state index is -0.792. The van der Waals surface area contributed by atoms with E-state index >= 15 is 0 Å². The molecule has 2 heterocycles. The molecule has 3 saturated carbocycles. The van der Waals surface area contributed by atoms with Gasteiger partial charge >= 0.3 is 17.9 Å². The van der Waals surface area contributed by atoms with Crippen molar-refractivity contribution in [1.82, 2.24) is 0 Å². The van der Waals surface area contributed by atoms with E-state index in [0.717, 1.165) is 18.4 Å². The van der Waals surface area contributed by atoms with Gasteiger partial charge in [0.2, 0.25) is 6.29 Å². The maximum absolute atomic E-state index is 13.6. The molecule has 2 aliphatic heterocycles. The van der Waals surface area contributed by atoms with Crippen molar-refractivity contribution in [2.24, 2.45) is 40.4 Å². The van der Waals surface area contributed by atoms with E-state index in [-0.39, 0.29) is 64.9 Å². The van der Waals surface area contributed by atoms with Crippen molar-refractivity contribution in [3.8, 4) is 0 Å². The molecule has 0 amide bonds. The summed E-state index contributed by atoms with van der Waals surface area (Å²) >= 11 is 0. The Hall–Kier alpha value is -2.52. The molecule has 6 aliphatic rings. The van der Waals surface area contributed by atoms with E-state index < -0.39 is 35.0 Å². The van der Waals surface area contributed by atoms with Gasteiger partial charge in [-0.05, 0) is 87.2 Å². The quantitative estimate of drug-likeness (QED) is 0.248. The average molecular weight is 599 g/mol. The predicted molar refractivity (Wildman–Crippen MR) is 154 cm³/mol. The number of allylic oxidation sites excluding steroid dienone is 3. The molecule has 236 valence electrons. The Bertz CT molecular complexity index is 1300. The fraction of sp³-hybridized carbons (Fsp3) is 0.765. The lowest BCUT2D eigenvalue weighted by Crippen LogP contribution is -2.58. The molecule has 0 spiro atoms. The van der Waals surface area contributed by atoms with Crippen molar-refractivity contribution in [3.63, 3.8) is 0 Å². The molecule has 43 heavy (non-hydrogen) atoms. The SMILES string of the molecule is CC(=O)OC1O[C@@H]([C@@H](C)[C@H]2C[C@H](OC(C)=O)[C@H]3[C@@H]4C[C@@H](OC(C)=O)C5=CC=CC(=O)[C@]5(C)[C@H]4CC[C@@]32C)C[C@]2(C)O[C@]12C. The number of fused-ring (bicyclic) bond motifs is 6. The number of ether oxygens (including phenoxy) is 5. The summed E-state index contributed by atoms with van der Waals surface area (Å²) < 4.78 is 30.3. The number of carbonyl (C=O) groups excluding carboxylic acids is 4. The topological polar surface area (TPSA) is 118 Å². The first-order valence-corrected chi connectivity index (χ1v) is 15.9. The number of carbonyl (C=O) groups is 4. The fourth-order valence-electron chi connectivity index (χ4n) is 10.4. The van der Waals surface area contributed by atoms with Crippen molar-refractivity contribution in [1.29, 1.82) is 0 Å². The zero-order chi connectivity index (χ0) is 31.3. The zero-order valence-corrected chi connectivity index (χ0v) is 26.6. The Labute approximate surface area is 254 Å². The molecule has 9 nitrogen and oxygen atoms in total. The monoisotopic (exact) mass is 598 g/mol. The summed E-state index contributed by atoms with van der Waals surface area (Å²) in [7, 11) is 0. The molecule has 0 bridgehead atoms. The molecule has 0 aromatic rings. The van der Waals surface area contributed by atoms with Gasteiger partial charge in [0.1, 0.15) is 17.8 Å². The summed E-state index contributed by atoms with van der Waals surface area (Å²) in [6.07, 6.45) is 7.14. The van der Waals surface area contributed by atoms with E-state index in [0.29, 0.717) is 19.3 Å². The van der Waals surface area contributed by atoms with E-state index in [1.165, 1.54) is 20.8 Å². The van der Waals surface area contributed by atoms with Gasteiger partial charge in [-0.2, -0.15) is 0 Å². The first-order valence-electron chi connectivity index (χ1n) is 15.9. The van der Waals surface area contributed by atoms with Crippen LogP contribution in [0.25, 0.3) is 0 Å². The number of rotatable bonds is 5. The van der Waals surface area contributed by atoms with Crippen LogP contribution in [0.2, 0.25) is 0 Å². The third kappa shape index (κ3) is 4.46. The van der Waals surface area contributed by atoms with Gasteiger partial charge in [0.25, 0.3) is 0 Å². The fourth-order valence-corrected chi connectivity index (χ4v) is 10.4. The van der Waals surface area contributed by atoms with Crippen LogP contribution >= 0.6 is 0 Å². The van der Waals surface area contributed by atoms with E-state index in [1.54, 1.807) is 12.2 Å². The largest absolute Gasteiger partial charge is 0.462 e. The van der Waals surface area contributed by atoms with Gasteiger partial charge in [-0.1, -0.05) is 26.0 Å². The molecular formula is C34H46O9. The number of esters is 3. The summed E-state index contributed by atoms with van der Waals surface area (Å²) in [5.74, 6) is -0.861. The van der Waals surface area contributed by atoms with Crippen LogP contribution in [0.3, 0.4) is 0 Å². The van der Waals surface area contributed by atoms with Crippen LogP contribution < -0.4 is 0 Å². The Morgan fingerprint density at radius 3 is 2.30 bits per heavy atom. The molecule has 0 radical (unpaired) electrons. The number of ketones is 1. The summed E-state index contributed by atoms with van der Waals surface area (Å²) in [5.41, 5.74) is -1.26. The van der Waals surface area contributed by atoms with Crippen molar-refractivity contribution >= 4 is 23.7 Å². The van der Waals surface area contributed by atoms with E-state index in [1.807, 2.05) is 19.9 Å². The molecular weight excluding hydrogens is 552 g/mol. The van der Waals surface area contributed by atoms with Gasteiger partial charge in [-0.15, -0.1) is 0 Å². The molecule has 2 saturated heterocycles. The highest BCUT2D eigenvalue weighted by atomic mass is 16.8. The third-order valence-corrected chi connectivity index (χ3v) is 12.6. The summed E-state index contributed by atoms with van der Waals surface area (Å²) in [6.45, 7) is 14.7. The summed E-state index contributed by atoms with van der Waals surface area (Å²) in [6, 6.07) is 0. The lowest BCUT2D eigenvalue weighted by Gasteiger charge is -2.59. The lowest BCUT2D eigenvalue weighted by atomic mass is 9.45. The lowest BCUT2D eigenvalue weighted by molar-refractivity contribution is -0.225. The van der Waals surface area contributed by atoms with Gasteiger partial charge in [0, 0.05) is 33.1 Å². The van der Waals surface area contributed by atoms with Gasteiger partial charge in [0.15, 0.2) is 11.4 Å².